The highest BCUT2D eigenvalue weighted by Gasteiger charge is 2.23. The minimum Gasteiger partial charge on any atom is -0.382 e. The Morgan fingerprint density at radius 3 is 2.88 bits per heavy atom. The normalized spacial score (nSPS) is 19.6. The molecule has 26 heavy (non-hydrogen) atoms. The van der Waals surface area contributed by atoms with Gasteiger partial charge in [-0.15, -0.1) is 5.10 Å². The van der Waals surface area contributed by atoms with E-state index in [-0.39, 0.29) is 0 Å². The Kier molecular flexibility index (Phi) is 4.93. The lowest BCUT2D eigenvalue weighted by Crippen LogP contribution is -2.21. The zero-order valence-corrected chi connectivity index (χ0v) is 15.5. The summed E-state index contributed by atoms with van der Waals surface area (Å²) in [6.45, 7) is 2.88. The van der Waals surface area contributed by atoms with Crippen LogP contribution in [-0.2, 0) is 6.54 Å². The standard InChI is InChI=1S/C21H22ClN4/c1-15-6-4-11-20(15)23-18-9-5-8-16(12-18)21-14-26(25-24-21)13-17-7-2-3-10-19(17)22/h2-3,5-10,12,14-15,20,23H,4,11,13H2,1H3. The molecule has 5 heteroatoms. The largest absolute Gasteiger partial charge is 0.382 e. The first-order valence-electron chi connectivity index (χ1n) is 9.03. The van der Waals surface area contributed by atoms with Gasteiger partial charge in [0, 0.05) is 22.3 Å². The van der Waals surface area contributed by atoms with Crippen molar-refractivity contribution in [2.45, 2.75) is 32.4 Å². The van der Waals surface area contributed by atoms with E-state index in [0.29, 0.717) is 18.5 Å². The second-order valence-corrected chi connectivity index (χ2v) is 7.30. The average Bonchev–Trinajstić information content (AvgIpc) is 3.27. The van der Waals surface area contributed by atoms with Crippen LogP contribution in [0.2, 0.25) is 5.02 Å². The highest BCUT2D eigenvalue weighted by atomic mass is 35.5. The summed E-state index contributed by atoms with van der Waals surface area (Å²) >= 11 is 6.24. The van der Waals surface area contributed by atoms with Gasteiger partial charge in [-0.25, -0.2) is 4.68 Å². The van der Waals surface area contributed by atoms with E-state index in [9.17, 15) is 0 Å². The van der Waals surface area contributed by atoms with Crippen molar-refractivity contribution in [2.75, 3.05) is 5.32 Å². The zero-order chi connectivity index (χ0) is 17.9. The first kappa shape index (κ1) is 17.1. The van der Waals surface area contributed by atoms with E-state index in [0.717, 1.165) is 27.5 Å². The maximum Gasteiger partial charge on any atom is 0.113 e. The molecule has 133 valence electrons. The van der Waals surface area contributed by atoms with Crippen molar-refractivity contribution in [2.24, 2.45) is 5.92 Å². The van der Waals surface area contributed by atoms with Gasteiger partial charge in [-0.3, -0.25) is 0 Å². The van der Waals surface area contributed by atoms with Crippen molar-refractivity contribution >= 4 is 17.3 Å². The lowest BCUT2D eigenvalue weighted by Gasteiger charge is -2.18. The molecule has 2 unspecified atom stereocenters. The van der Waals surface area contributed by atoms with E-state index in [2.05, 4.69) is 53.2 Å². The van der Waals surface area contributed by atoms with Crippen LogP contribution in [0.15, 0.2) is 54.7 Å². The average molecular weight is 366 g/mol. The van der Waals surface area contributed by atoms with Crippen molar-refractivity contribution < 1.29 is 0 Å². The number of hydrogen-bond acceptors (Lipinski definition) is 3. The number of anilines is 1. The third-order valence-electron chi connectivity index (χ3n) is 4.99. The lowest BCUT2D eigenvalue weighted by atomic mass is 10.1. The Morgan fingerprint density at radius 2 is 2.08 bits per heavy atom. The fourth-order valence-electron chi connectivity index (χ4n) is 3.46. The molecule has 1 heterocycles. The van der Waals surface area contributed by atoms with Crippen LogP contribution in [0.5, 0.6) is 0 Å². The predicted octanol–water partition coefficient (Wildman–Crippen LogP) is 5.06. The Bertz CT molecular complexity index is 889. The van der Waals surface area contributed by atoms with E-state index in [4.69, 9.17) is 11.6 Å². The maximum absolute atomic E-state index is 6.24. The van der Waals surface area contributed by atoms with Crippen molar-refractivity contribution in [3.05, 3.63) is 71.7 Å². The first-order valence-corrected chi connectivity index (χ1v) is 9.41. The Balaban J connectivity index is 1.50. The number of hydrogen-bond donors (Lipinski definition) is 1. The van der Waals surface area contributed by atoms with Crippen LogP contribution < -0.4 is 5.32 Å². The van der Waals surface area contributed by atoms with Gasteiger partial charge in [0.05, 0.1) is 12.7 Å². The molecular formula is C21H22ClN4. The summed E-state index contributed by atoms with van der Waals surface area (Å²) in [5.41, 5.74) is 4.10. The summed E-state index contributed by atoms with van der Waals surface area (Å²) in [4.78, 5) is 0. The summed E-state index contributed by atoms with van der Waals surface area (Å²) < 4.78 is 1.82. The van der Waals surface area contributed by atoms with Crippen molar-refractivity contribution in [3.63, 3.8) is 0 Å². The van der Waals surface area contributed by atoms with Gasteiger partial charge in [0.2, 0.25) is 0 Å². The van der Waals surface area contributed by atoms with E-state index < -0.39 is 0 Å². The second kappa shape index (κ2) is 7.50. The van der Waals surface area contributed by atoms with Crippen LogP contribution in [0.1, 0.15) is 25.3 Å². The third kappa shape index (κ3) is 3.75. The summed E-state index contributed by atoms with van der Waals surface area (Å²) in [5.74, 6) is 0.607. The number of nitrogens with zero attached hydrogens (tertiary/aromatic N) is 3. The molecule has 1 N–H and O–H groups in total. The second-order valence-electron chi connectivity index (χ2n) is 6.90. The lowest BCUT2D eigenvalue weighted by molar-refractivity contribution is 0.610. The summed E-state index contributed by atoms with van der Waals surface area (Å²) in [6, 6.07) is 16.7. The molecule has 1 radical (unpaired) electrons. The van der Waals surface area contributed by atoms with Crippen LogP contribution in [0.25, 0.3) is 11.3 Å². The van der Waals surface area contributed by atoms with Gasteiger partial charge in [0.25, 0.3) is 0 Å². The van der Waals surface area contributed by atoms with E-state index in [1.807, 2.05) is 35.1 Å². The van der Waals surface area contributed by atoms with Crippen LogP contribution in [0.4, 0.5) is 5.69 Å². The molecule has 0 aliphatic heterocycles. The molecule has 1 aliphatic carbocycles. The fraction of sp³-hybridized carbons (Fsp3) is 0.286. The van der Waals surface area contributed by atoms with Crippen LogP contribution in [0.3, 0.4) is 0 Å². The zero-order valence-electron chi connectivity index (χ0n) is 14.8. The van der Waals surface area contributed by atoms with Gasteiger partial charge in [0.15, 0.2) is 0 Å². The summed E-state index contributed by atoms with van der Waals surface area (Å²) in [7, 11) is 0. The van der Waals surface area contributed by atoms with Gasteiger partial charge in [-0.2, -0.15) is 0 Å². The Hall–Kier alpha value is -2.33. The number of aromatic nitrogens is 3. The van der Waals surface area contributed by atoms with E-state index >= 15 is 0 Å². The number of nitrogens with one attached hydrogen (secondary N) is 1. The number of halogens is 1. The van der Waals surface area contributed by atoms with Crippen molar-refractivity contribution in [3.8, 4) is 11.3 Å². The predicted molar refractivity (Wildman–Crippen MR) is 106 cm³/mol. The molecule has 3 aromatic rings. The summed E-state index contributed by atoms with van der Waals surface area (Å²) in [6.07, 6.45) is 6.74. The first-order chi connectivity index (χ1) is 12.7. The van der Waals surface area contributed by atoms with Crippen LogP contribution in [0, 0.1) is 12.3 Å². The van der Waals surface area contributed by atoms with Gasteiger partial charge in [-0.1, -0.05) is 54.1 Å². The smallest absolute Gasteiger partial charge is 0.113 e. The highest BCUT2D eigenvalue weighted by molar-refractivity contribution is 6.31. The monoisotopic (exact) mass is 365 g/mol. The molecule has 1 aromatic heterocycles. The SMILES string of the molecule is CC1[CH]CCC1Nc1cccc(-c2cn(Cc3ccccc3Cl)nn2)c1. The third-order valence-corrected chi connectivity index (χ3v) is 5.36. The fourth-order valence-corrected chi connectivity index (χ4v) is 3.66. The molecule has 1 fully saturated rings. The highest BCUT2D eigenvalue weighted by Crippen LogP contribution is 2.28. The molecule has 0 amide bonds. The van der Waals surface area contributed by atoms with Crippen molar-refractivity contribution in [1.29, 1.82) is 0 Å². The van der Waals surface area contributed by atoms with Crippen LogP contribution >= 0.6 is 11.6 Å². The Morgan fingerprint density at radius 1 is 1.19 bits per heavy atom. The molecule has 0 bridgehead atoms. The quantitative estimate of drug-likeness (QED) is 0.687. The topological polar surface area (TPSA) is 42.7 Å². The van der Waals surface area contributed by atoms with E-state index in [1.54, 1.807) is 0 Å². The minimum atomic E-state index is 0.515. The molecular weight excluding hydrogens is 344 g/mol. The van der Waals surface area contributed by atoms with Crippen LogP contribution in [-0.4, -0.2) is 21.0 Å². The molecule has 2 aromatic carbocycles. The molecule has 0 spiro atoms. The molecule has 4 rings (SSSR count). The minimum absolute atomic E-state index is 0.515. The van der Waals surface area contributed by atoms with Gasteiger partial charge >= 0.3 is 0 Å². The molecule has 0 saturated heterocycles. The van der Waals surface area contributed by atoms with Crippen molar-refractivity contribution in [1.82, 2.24) is 15.0 Å². The van der Waals surface area contributed by atoms with Gasteiger partial charge in [-0.05, 0) is 48.9 Å². The van der Waals surface area contributed by atoms with E-state index in [1.165, 1.54) is 12.8 Å². The molecule has 2 atom stereocenters. The number of rotatable bonds is 5. The molecule has 4 nitrogen and oxygen atoms in total. The maximum atomic E-state index is 6.24. The Labute approximate surface area is 159 Å². The summed E-state index contributed by atoms with van der Waals surface area (Å²) in [5, 5.41) is 13.0. The van der Waals surface area contributed by atoms with Gasteiger partial charge in [0.1, 0.15) is 5.69 Å². The molecule has 1 saturated carbocycles. The number of benzene rings is 2. The van der Waals surface area contributed by atoms with Gasteiger partial charge < -0.3 is 5.32 Å². The molecule has 1 aliphatic rings.